The fourth-order valence-corrected chi connectivity index (χ4v) is 1.81. The molecule has 0 spiro atoms. The molecule has 1 atom stereocenters. The van der Waals surface area contributed by atoms with Gasteiger partial charge in [-0.15, -0.1) is 0 Å². The highest BCUT2D eigenvalue weighted by Gasteiger charge is 2.93. The predicted octanol–water partition coefficient (Wildman–Crippen LogP) is 3.57. The van der Waals surface area contributed by atoms with Gasteiger partial charge in [0.25, 0.3) is 0 Å². The van der Waals surface area contributed by atoms with Crippen molar-refractivity contribution >= 4 is 10.1 Å². The molecule has 0 rings (SSSR count). The Labute approximate surface area is 116 Å². The van der Waals surface area contributed by atoms with Gasteiger partial charge in [-0.25, -0.2) is 4.39 Å². The summed E-state index contributed by atoms with van der Waals surface area (Å²) in [6.45, 7) is 0. The summed E-state index contributed by atoms with van der Waals surface area (Å²) in [5.41, 5.74) is 0. The molecule has 3 nitrogen and oxygen atoms in total. The van der Waals surface area contributed by atoms with Gasteiger partial charge in [0.05, 0.1) is 0 Å². The van der Waals surface area contributed by atoms with Crippen LogP contribution in [-0.2, 0) is 10.1 Å². The van der Waals surface area contributed by atoms with E-state index in [9.17, 15) is 65.5 Å². The highest BCUT2D eigenvalue weighted by Crippen LogP contribution is 2.61. The molecule has 0 amide bonds. The van der Waals surface area contributed by atoms with E-state index >= 15 is 0 Å². The van der Waals surface area contributed by atoms with Gasteiger partial charge in [-0.1, -0.05) is 0 Å². The van der Waals surface area contributed by atoms with Gasteiger partial charge in [-0.3, -0.25) is 4.55 Å². The summed E-state index contributed by atoms with van der Waals surface area (Å²) in [4.78, 5) is 0. The van der Waals surface area contributed by atoms with Gasteiger partial charge < -0.3 is 0 Å². The third kappa shape index (κ3) is 2.70. The Morgan fingerprint density at radius 1 is 0.522 bits per heavy atom. The zero-order valence-corrected chi connectivity index (χ0v) is 10.4. The third-order valence-electron chi connectivity index (χ3n) is 2.27. The fourth-order valence-electron chi connectivity index (χ4n) is 1.06. The molecular formula is C6HF13O3S. The number of rotatable bonds is 4. The first-order chi connectivity index (χ1) is 9.50. The van der Waals surface area contributed by atoms with Crippen molar-refractivity contribution in [3.05, 3.63) is 0 Å². The standard InChI is InChI=1S/C6HF13O3S/c7-1(8,3(11,12)5(14,15)16)2(9,10)4(13,6(17,18)19)23(20,21)22/h(H,20,21,22). The van der Waals surface area contributed by atoms with Crippen LogP contribution >= 0.6 is 0 Å². The van der Waals surface area contributed by atoms with Gasteiger partial charge in [0.15, 0.2) is 0 Å². The van der Waals surface area contributed by atoms with E-state index in [4.69, 9.17) is 4.55 Å². The normalized spacial score (nSPS) is 18.7. The predicted molar refractivity (Wildman–Crippen MR) is 42.3 cm³/mol. The third-order valence-corrected chi connectivity index (χ3v) is 3.47. The van der Waals surface area contributed by atoms with Crippen molar-refractivity contribution in [2.75, 3.05) is 0 Å². The van der Waals surface area contributed by atoms with Crippen molar-refractivity contribution in [3.63, 3.8) is 0 Å². The summed E-state index contributed by atoms with van der Waals surface area (Å²) >= 11 is 0. The number of hydrogen-bond acceptors (Lipinski definition) is 2. The van der Waals surface area contributed by atoms with Crippen LogP contribution in [0.4, 0.5) is 57.1 Å². The van der Waals surface area contributed by atoms with Crippen molar-refractivity contribution in [3.8, 4) is 0 Å². The number of alkyl halides is 13. The average Bonchev–Trinajstić information content (AvgIpc) is 2.22. The lowest BCUT2D eigenvalue weighted by Crippen LogP contribution is -2.72. The van der Waals surface area contributed by atoms with Crippen LogP contribution in [0.3, 0.4) is 0 Å². The van der Waals surface area contributed by atoms with Gasteiger partial charge in [0, 0.05) is 0 Å². The molecule has 0 aromatic heterocycles. The van der Waals surface area contributed by atoms with Gasteiger partial charge in [-0.2, -0.15) is 61.1 Å². The number of halogens is 13. The molecule has 0 heterocycles. The van der Waals surface area contributed by atoms with Crippen molar-refractivity contribution in [1.29, 1.82) is 0 Å². The maximum absolute atomic E-state index is 13.1. The molecule has 0 fully saturated rings. The molecule has 0 aliphatic rings. The smallest absolute Gasteiger partial charge is 0.283 e. The van der Waals surface area contributed by atoms with Crippen molar-refractivity contribution in [2.24, 2.45) is 0 Å². The first-order valence-electron chi connectivity index (χ1n) is 4.43. The fraction of sp³-hybridized carbons (Fsp3) is 1.00. The summed E-state index contributed by atoms with van der Waals surface area (Å²) in [5, 5.41) is -7.86. The molecule has 0 aromatic rings. The summed E-state index contributed by atoms with van der Waals surface area (Å²) < 4.78 is 188. The first-order valence-corrected chi connectivity index (χ1v) is 5.87. The van der Waals surface area contributed by atoms with Gasteiger partial charge in [-0.05, 0) is 0 Å². The molecule has 1 unspecified atom stereocenters. The zero-order chi connectivity index (χ0) is 19.5. The monoisotopic (exact) mass is 400 g/mol. The van der Waals surface area contributed by atoms with Crippen molar-refractivity contribution in [1.82, 2.24) is 0 Å². The van der Waals surface area contributed by atoms with Gasteiger partial charge >= 0.3 is 45.2 Å². The minimum absolute atomic E-state index is 7.62. The maximum atomic E-state index is 13.1. The van der Waals surface area contributed by atoms with E-state index < -0.39 is 45.2 Å². The molecule has 23 heavy (non-hydrogen) atoms. The largest absolute Gasteiger partial charge is 0.460 e. The van der Waals surface area contributed by atoms with Crippen LogP contribution in [0.25, 0.3) is 0 Å². The zero-order valence-electron chi connectivity index (χ0n) is 9.59. The highest BCUT2D eigenvalue weighted by molar-refractivity contribution is 7.87. The van der Waals surface area contributed by atoms with Crippen molar-refractivity contribution < 1.29 is 70.0 Å². The van der Waals surface area contributed by atoms with Crippen LogP contribution in [0.15, 0.2) is 0 Å². The van der Waals surface area contributed by atoms with Crippen LogP contribution < -0.4 is 0 Å². The van der Waals surface area contributed by atoms with E-state index in [2.05, 4.69) is 0 Å². The van der Waals surface area contributed by atoms with Gasteiger partial charge in [0.1, 0.15) is 0 Å². The van der Waals surface area contributed by atoms with E-state index in [-0.39, 0.29) is 0 Å². The Balaban J connectivity index is 6.77. The Bertz CT molecular complexity index is 557. The maximum Gasteiger partial charge on any atom is 0.460 e. The lowest BCUT2D eigenvalue weighted by molar-refractivity contribution is -0.420. The molecule has 0 saturated heterocycles. The van der Waals surface area contributed by atoms with E-state index in [0.717, 1.165) is 0 Å². The lowest BCUT2D eigenvalue weighted by atomic mass is 9.99. The highest BCUT2D eigenvalue weighted by atomic mass is 32.2. The van der Waals surface area contributed by atoms with Crippen LogP contribution in [0.2, 0.25) is 0 Å². The van der Waals surface area contributed by atoms with Crippen LogP contribution in [-0.4, -0.2) is 48.1 Å². The Morgan fingerprint density at radius 3 is 1.00 bits per heavy atom. The Hall–Kier alpha value is -1.00. The minimum Gasteiger partial charge on any atom is -0.283 e. The molecule has 0 radical (unpaired) electrons. The molecule has 17 heteroatoms. The first kappa shape index (κ1) is 22.0. The molecule has 1 N–H and O–H groups in total. The Kier molecular flexibility index (Phi) is 4.78. The summed E-state index contributed by atoms with van der Waals surface area (Å²) in [7, 11) is -7.99. The second-order valence-electron chi connectivity index (χ2n) is 3.79. The van der Waals surface area contributed by atoms with Crippen LogP contribution in [0, 0.1) is 0 Å². The summed E-state index contributed by atoms with van der Waals surface area (Å²) in [5.74, 6) is -24.5. The second-order valence-corrected chi connectivity index (χ2v) is 5.30. The molecule has 0 aliphatic heterocycles. The summed E-state index contributed by atoms with van der Waals surface area (Å²) in [6.07, 6.45) is -15.3. The molecule has 140 valence electrons. The molecule has 0 aromatic carbocycles. The van der Waals surface area contributed by atoms with E-state index in [1.54, 1.807) is 0 Å². The van der Waals surface area contributed by atoms with Gasteiger partial charge in [0.2, 0.25) is 0 Å². The summed E-state index contributed by atoms with van der Waals surface area (Å²) in [6, 6.07) is 0. The quantitative estimate of drug-likeness (QED) is 0.580. The SMILES string of the molecule is O=S(=O)(O)C(F)(C(F)(F)F)C(F)(F)C(F)(F)C(F)(F)C(F)(F)F. The average molecular weight is 400 g/mol. The minimum atomic E-state index is -8.27. The van der Waals surface area contributed by atoms with Crippen molar-refractivity contribution in [2.45, 2.75) is 35.1 Å². The second kappa shape index (κ2) is 5.00. The molecular weight excluding hydrogens is 399 g/mol. The van der Waals surface area contributed by atoms with E-state index in [1.165, 1.54) is 0 Å². The molecule has 0 bridgehead atoms. The van der Waals surface area contributed by atoms with Crippen LogP contribution in [0.5, 0.6) is 0 Å². The molecule has 0 aliphatic carbocycles. The topological polar surface area (TPSA) is 54.4 Å². The van der Waals surface area contributed by atoms with Crippen LogP contribution in [0.1, 0.15) is 0 Å². The van der Waals surface area contributed by atoms with E-state index in [0.29, 0.717) is 0 Å². The van der Waals surface area contributed by atoms with E-state index in [1.807, 2.05) is 0 Å². The lowest BCUT2D eigenvalue weighted by Gasteiger charge is -2.39. The Morgan fingerprint density at radius 2 is 0.826 bits per heavy atom. The number of hydrogen-bond donors (Lipinski definition) is 1. The molecule has 0 saturated carbocycles.